The van der Waals surface area contributed by atoms with Crippen LogP contribution in [-0.4, -0.2) is 52.0 Å². The number of hydrogen-bond acceptors (Lipinski definition) is 4. The van der Waals surface area contributed by atoms with Gasteiger partial charge in [0.15, 0.2) is 0 Å². The first-order valence-electron chi connectivity index (χ1n) is 8.20. The van der Waals surface area contributed by atoms with E-state index in [-0.39, 0.29) is 5.91 Å². The minimum atomic E-state index is 0.100. The predicted octanol–water partition coefficient (Wildman–Crippen LogP) is 2.42. The number of nitrogens with one attached hydrogen (secondary N) is 1. The second kappa shape index (κ2) is 6.13. The molecule has 0 bridgehead atoms. The Labute approximate surface area is 140 Å². The highest BCUT2D eigenvalue weighted by Crippen LogP contribution is 2.17. The van der Waals surface area contributed by atoms with Crippen LogP contribution in [0.3, 0.4) is 0 Å². The van der Waals surface area contributed by atoms with E-state index in [9.17, 15) is 4.79 Å². The Morgan fingerprint density at radius 1 is 1.21 bits per heavy atom. The van der Waals surface area contributed by atoms with Gasteiger partial charge in [0, 0.05) is 56.1 Å². The Balaban J connectivity index is 1.38. The lowest BCUT2D eigenvalue weighted by atomic mass is 10.1. The van der Waals surface area contributed by atoms with Crippen LogP contribution in [0, 0.1) is 6.92 Å². The molecule has 1 N–H and O–H groups in total. The van der Waals surface area contributed by atoms with Gasteiger partial charge < -0.3 is 14.4 Å². The van der Waals surface area contributed by atoms with Gasteiger partial charge in [-0.2, -0.15) is 0 Å². The number of aryl methyl sites for hydroxylation is 1. The van der Waals surface area contributed by atoms with E-state index in [4.69, 9.17) is 4.52 Å². The molecular weight excluding hydrogens is 304 g/mol. The van der Waals surface area contributed by atoms with Crippen molar-refractivity contribution in [3.05, 3.63) is 53.5 Å². The number of aromatic nitrogens is 2. The summed E-state index contributed by atoms with van der Waals surface area (Å²) in [6, 6.07) is 9.80. The molecule has 3 aromatic rings. The Morgan fingerprint density at radius 2 is 2.04 bits per heavy atom. The van der Waals surface area contributed by atoms with E-state index in [1.165, 1.54) is 0 Å². The Bertz CT molecular complexity index is 859. The molecule has 0 spiro atoms. The van der Waals surface area contributed by atoms with E-state index >= 15 is 0 Å². The molecule has 1 aliphatic rings. The van der Waals surface area contributed by atoms with Gasteiger partial charge in [-0.1, -0.05) is 11.2 Å². The molecule has 1 saturated heterocycles. The van der Waals surface area contributed by atoms with Crippen LogP contribution in [0.15, 0.2) is 41.1 Å². The van der Waals surface area contributed by atoms with Crippen LogP contribution in [0.2, 0.25) is 0 Å². The van der Waals surface area contributed by atoms with E-state index in [0.29, 0.717) is 0 Å². The first-order chi connectivity index (χ1) is 11.7. The Kier molecular flexibility index (Phi) is 3.82. The first kappa shape index (κ1) is 15.0. The third-order valence-corrected chi connectivity index (χ3v) is 4.52. The molecule has 3 heterocycles. The van der Waals surface area contributed by atoms with Gasteiger partial charge in [0.25, 0.3) is 5.91 Å². The van der Waals surface area contributed by atoms with Gasteiger partial charge in [0.05, 0.1) is 5.69 Å². The summed E-state index contributed by atoms with van der Waals surface area (Å²) in [7, 11) is 0. The lowest BCUT2D eigenvalue weighted by Crippen LogP contribution is -2.48. The average molecular weight is 324 g/mol. The fourth-order valence-corrected chi connectivity index (χ4v) is 3.19. The van der Waals surface area contributed by atoms with E-state index in [2.05, 4.69) is 15.0 Å². The number of amides is 1. The topological polar surface area (TPSA) is 65.4 Å². The van der Waals surface area contributed by atoms with Crippen LogP contribution in [-0.2, 0) is 6.54 Å². The van der Waals surface area contributed by atoms with E-state index < -0.39 is 0 Å². The van der Waals surface area contributed by atoms with Gasteiger partial charge in [0.1, 0.15) is 5.76 Å². The summed E-state index contributed by atoms with van der Waals surface area (Å²) in [5, 5.41) is 5.16. The van der Waals surface area contributed by atoms with Crippen LogP contribution in [0.1, 0.15) is 21.8 Å². The summed E-state index contributed by atoms with van der Waals surface area (Å²) in [6.07, 6.45) is 1.89. The third kappa shape index (κ3) is 2.92. The minimum Gasteiger partial charge on any atom is -0.361 e. The molecular formula is C18H20N4O2. The van der Waals surface area contributed by atoms with Gasteiger partial charge >= 0.3 is 0 Å². The maximum Gasteiger partial charge on any atom is 0.254 e. The third-order valence-electron chi connectivity index (χ3n) is 4.52. The smallest absolute Gasteiger partial charge is 0.254 e. The Hall–Kier alpha value is -2.60. The monoisotopic (exact) mass is 324 g/mol. The lowest BCUT2D eigenvalue weighted by molar-refractivity contribution is 0.0626. The molecule has 1 amide bonds. The number of carbonyl (C=O) groups excluding carboxylic acids is 1. The zero-order valence-electron chi connectivity index (χ0n) is 13.7. The molecule has 4 rings (SSSR count). The SMILES string of the molecule is Cc1cc(CN2CCN(C(=O)c3ccc4cc[nH]c4c3)CC2)no1. The summed E-state index contributed by atoms with van der Waals surface area (Å²) in [5.74, 6) is 0.932. The number of nitrogens with zero attached hydrogens (tertiary/aromatic N) is 3. The average Bonchev–Trinajstić information content (AvgIpc) is 3.23. The van der Waals surface area contributed by atoms with Gasteiger partial charge in [-0.05, 0) is 30.5 Å². The number of rotatable bonds is 3. The maximum absolute atomic E-state index is 12.7. The zero-order chi connectivity index (χ0) is 16.5. The van der Waals surface area contributed by atoms with Crippen molar-refractivity contribution in [1.82, 2.24) is 19.9 Å². The molecule has 1 aromatic carbocycles. The lowest BCUT2D eigenvalue weighted by Gasteiger charge is -2.34. The number of H-pyrrole nitrogens is 1. The highest BCUT2D eigenvalue weighted by atomic mass is 16.5. The molecule has 0 unspecified atom stereocenters. The number of piperazine rings is 1. The second-order valence-electron chi connectivity index (χ2n) is 6.28. The van der Waals surface area contributed by atoms with Crippen LogP contribution < -0.4 is 0 Å². The van der Waals surface area contributed by atoms with Gasteiger partial charge in [-0.25, -0.2) is 0 Å². The number of fused-ring (bicyclic) bond motifs is 1. The van der Waals surface area contributed by atoms with E-state index in [1.54, 1.807) is 0 Å². The van der Waals surface area contributed by atoms with E-state index in [0.717, 1.165) is 60.6 Å². The largest absolute Gasteiger partial charge is 0.361 e. The standard InChI is InChI=1S/C18H20N4O2/c1-13-10-16(20-24-13)12-21-6-8-22(9-7-21)18(23)15-3-2-14-4-5-19-17(14)11-15/h2-5,10-11,19H,6-9,12H2,1H3. The van der Waals surface area contributed by atoms with Crippen LogP contribution >= 0.6 is 0 Å². The first-order valence-corrected chi connectivity index (χ1v) is 8.20. The molecule has 1 fully saturated rings. The molecule has 0 aliphatic carbocycles. The molecule has 24 heavy (non-hydrogen) atoms. The summed E-state index contributed by atoms with van der Waals surface area (Å²) < 4.78 is 5.11. The van der Waals surface area contributed by atoms with Crippen LogP contribution in [0.5, 0.6) is 0 Å². The molecule has 124 valence electrons. The highest BCUT2D eigenvalue weighted by Gasteiger charge is 2.23. The summed E-state index contributed by atoms with van der Waals surface area (Å²) in [6.45, 7) is 5.84. The normalized spacial score (nSPS) is 16.0. The number of aromatic amines is 1. The summed E-state index contributed by atoms with van der Waals surface area (Å²) in [5.41, 5.74) is 2.69. The van der Waals surface area contributed by atoms with Gasteiger partial charge in [-0.3, -0.25) is 9.69 Å². The molecule has 1 aliphatic heterocycles. The predicted molar refractivity (Wildman–Crippen MR) is 90.7 cm³/mol. The molecule has 6 heteroatoms. The van der Waals surface area contributed by atoms with Gasteiger partial charge in [-0.15, -0.1) is 0 Å². The fourth-order valence-electron chi connectivity index (χ4n) is 3.19. The summed E-state index contributed by atoms with van der Waals surface area (Å²) >= 11 is 0. The molecule has 0 atom stereocenters. The second-order valence-corrected chi connectivity index (χ2v) is 6.28. The van der Waals surface area contributed by atoms with Gasteiger partial charge in [0.2, 0.25) is 0 Å². The van der Waals surface area contributed by atoms with Crippen LogP contribution in [0.4, 0.5) is 0 Å². The number of benzene rings is 1. The van der Waals surface area contributed by atoms with Crippen molar-refractivity contribution in [2.75, 3.05) is 26.2 Å². The molecule has 2 aromatic heterocycles. The highest BCUT2D eigenvalue weighted by molar-refractivity contribution is 5.98. The van der Waals surface area contributed by atoms with Crippen molar-refractivity contribution in [2.45, 2.75) is 13.5 Å². The maximum atomic E-state index is 12.7. The zero-order valence-corrected chi connectivity index (χ0v) is 13.7. The van der Waals surface area contributed by atoms with Crippen molar-refractivity contribution in [3.63, 3.8) is 0 Å². The fraction of sp³-hybridized carbons (Fsp3) is 0.333. The minimum absolute atomic E-state index is 0.100. The van der Waals surface area contributed by atoms with Crippen molar-refractivity contribution in [2.24, 2.45) is 0 Å². The van der Waals surface area contributed by atoms with Crippen LogP contribution in [0.25, 0.3) is 10.9 Å². The molecule has 0 saturated carbocycles. The molecule has 6 nitrogen and oxygen atoms in total. The quantitative estimate of drug-likeness (QED) is 0.803. The Morgan fingerprint density at radius 3 is 2.79 bits per heavy atom. The number of hydrogen-bond donors (Lipinski definition) is 1. The molecule has 0 radical (unpaired) electrons. The van der Waals surface area contributed by atoms with Crippen molar-refractivity contribution < 1.29 is 9.32 Å². The number of carbonyl (C=O) groups is 1. The van der Waals surface area contributed by atoms with E-state index in [1.807, 2.05) is 48.4 Å². The van der Waals surface area contributed by atoms with Crippen molar-refractivity contribution in [1.29, 1.82) is 0 Å². The van der Waals surface area contributed by atoms with Crippen molar-refractivity contribution >= 4 is 16.8 Å². The summed E-state index contributed by atoms with van der Waals surface area (Å²) in [4.78, 5) is 20.1. The van der Waals surface area contributed by atoms with Crippen molar-refractivity contribution in [3.8, 4) is 0 Å².